The van der Waals surface area contributed by atoms with Crippen LogP contribution in [0.15, 0.2) is 24.4 Å². The Balaban J connectivity index is 2.19. The number of amides is 1. The Bertz CT molecular complexity index is 728. The van der Waals surface area contributed by atoms with Crippen molar-refractivity contribution in [3.63, 3.8) is 0 Å². The molecule has 2 aromatic rings. The van der Waals surface area contributed by atoms with Crippen molar-refractivity contribution in [2.45, 2.75) is 45.8 Å². The Labute approximate surface area is 134 Å². The van der Waals surface area contributed by atoms with Gasteiger partial charge >= 0.3 is 12.1 Å². The third-order valence-corrected chi connectivity index (χ3v) is 3.41. The van der Waals surface area contributed by atoms with Crippen LogP contribution in [0.5, 0.6) is 0 Å². The Hall–Kier alpha value is -2.50. The highest BCUT2D eigenvalue weighted by atomic mass is 16.6. The number of fused-ring (bicyclic) bond motifs is 1. The highest BCUT2D eigenvalue weighted by Crippen LogP contribution is 2.23. The van der Waals surface area contributed by atoms with Crippen LogP contribution in [0.4, 0.5) is 4.79 Å². The third kappa shape index (κ3) is 4.25. The second-order valence-electron chi connectivity index (χ2n) is 6.55. The highest BCUT2D eigenvalue weighted by Gasteiger charge is 2.25. The molecule has 0 radical (unpaired) electrons. The quantitative estimate of drug-likeness (QED) is 0.808. The number of aromatic nitrogens is 1. The molecule has 6 heteroatoms. The number of carbonyl (C=O) groups is 2. The number of nitrogens with one attached hydrogen (secondary N) is 2. The molecule has 1 amide bonds. The van der Waals surface area contributed by atoms with Gasteiger partial charge in [0.15, 0.2) is 0 Å². The van der Waals surface area contributed by atoms with Gasteiger partial charge in [-0.25, -0.2) is 9.59 Å². The SMILES string of the molecule is Cc1cccc2[nH]cc(C[C@@H](NC(=O)OC(C)(C)C)C(=O)O)c12. The number of rotatable bonds is 4. The fourth-order valence-corrected chi connectivity index (χ4v) is 2.48. The van der Waals surface area contributed by atoms with Crippen LogP contribution in [-0.2, 0) is 16.0 Å². The zero-order chi connectivity index (χ0) is 17.2. The normalized spacial score (nSPS) is 12.9. The van der Waals surface area contributed by atoms with Gasteiger partial charge in [0.1, 0.15) is 11.6 Å². The molecule has 6 nitrogen and oxygen atoms in total. The maximum atomic E-state index is 11.8. The lowest BCUT2D eigenvalue weighted by Gasteiger charge is -2.22. The van der Waals surface area contributed by atoms with Crippen LogP contribution in [0.3, 0.4) is 0 Å². The summed E-state index contributed by atoms with van der Waals surface area (Å²) in [5.74, 6) is -1.10. The van der Waals surface area contributed by atoms with Crippen LogP contribution < -0.4 is 5.32 Å². The molecule has 0 spiro atoms. The number of ether oxygens (including phenoxy) is 1. The fourth-order valence-electron chi connectivity index (χ4n) is 2.48. The number of H-pyrrole nitrogens is 1. The molecule has 23 heavy (non-hydrogen) atoms. The van der Waals surface area contributed by atoms with Gasteiger partial charge in [-0.1, -0.05) is 12.1 Å². The maximum Gasteiger partial charge on any atom is 0.408 e. The molecule has 0 saturated heterocycles. The molecule has 0 aliphatic heterocycles. The Morgan fingerprint density at radius 3 is 2.65 bits per heavy atom. The number of hydrogen-bond acceptors (Lipinski definition) is 3. The molecule has 1 atom stereocenters. The van der Waals surface area contributed by atoms with Crippen LogP contribution >= 0.6 is 0 Å². The van der Waals surface area contributed by atoms with Gasteiger partial charge in [0.2, 0.25) is 0 Å². The minimum atomic E-state index is -1.10. The molecule has 0 saturated carbocycles. The molecule has 0 aliphatic rings. The molecule has 1 aromatic heterocycles. The molecule has 1 aromatic carbocycles. The van der Waals surface area contributed by atoms with Crippen LogP contribution in [0.2, 0.25) is 0 Å². The van der Waals surface area contributed by atoms with Crippen molar-refractivity contribution < 1.29 is 19.4 Å². The van der Waals surface area contributed by atoms with E-state index in [1.54, 1.807) is 27.0 Å². The van der Waals surface area contributed by atoms with E-state index in [-0.39, 0.29) is 6.42 Å². The summed E-state index contributed by atoms with van der Waals surface area (Å²) < 4.78 is 5.13. The average Bonchev–Trinajstić information content (AvgIpc) is 2.80. The van der Waals surface area contributed by atoms with E-state index in [1.165, 1.54) is 0 Å². The van der Waals surface area contributed by atoms with Gasteiger partial charge in [0, 0.05) is 23.5 Å². The zero-order valence-corrected chi connectivity index (χ0v) is 13.8. The van der Waals surface area contributed by atoms with Crippen molar-refractivity contribution >= 4 is 23.0 Å². The number of aromatic amines is 1. The predicted octanol–water partition coefficient (Wildman–Crippen LogP) is 3.00. The van der Waals surface area contributed by atoms with Crippen molar-refractivity contribution in [2.75, 3.05) is 0 Å². The van der Waals surface area contributed by atoms with Crippen LogP contribution in [0, 0.1) is 6.92 Å². The molecule has 2 rings (SSSR count). The van der Waals surface area contributed by atoms with E-state index in [1.807, 2.05) is 25.1 Å². The number of carbonyl (C=O) groups excluding carboxylic acids is 1. The Kier molecular flexibility index (Phi) is 4.63. The van der Waals surface area contributed by atoms with Crippen molar-refractivity contribution in [1.82, 2.24) is 10.3 Å². The number of aliphatic carboxylic acids is 1. The number of alkyl carbamates (subject to hydrolysis) is 1. The third-order valence-electron chi connectivity index (χ3n) is 3.41. The summed E-state index contributed by atoms with van der Waals surface area (Å²) in [6, 6.07) is 4.79. The predicted molar refractivity (Wildman–Crippen MR) is 87.5 cm³/mol. The van der Waals surface area contributed by atoms with E-state index in [4.69, 9.17) is 4.74 Å². The first-order valence-electron chi connectivity index (χ1n) is 7.45. The summed E-state index contributed by atoms with van der Waals surface area (Å²) in [5, 5.41) is 12.8. The largest absolute Gasteiger partial charge is 0.480 e. The second kappa shape index (κ2) is 6.32. The Morgan fingerprint density at radius 2 is 2.04 bits per heavy atom. The lowest BCUT2D eigenvalue weighted by atomic mass is 10.0. The minimum absolute atomic E-state index is 0.180. The van der Waals surface area contributed by atoms with Crippen molar-refractivity contribution in [1.29, 1.82) is 0 Å². The van der Waals surface area contributed by atoms with E-state index in [0.29, 0.717) is 0 Å². The van der Waals surface area contributed by atoms with E-state index in [2.05, 4.69) is 10.3 Å². The molecule has 0 fully saturated rings. The number of hydrogen-bond donors (Lipinski definition) is 3. The first-order chi connectivity index (χ1) is 10.7. The number of aryl methyl sites for hydroxylation is 1. The Morgan fingerprint density at radius 1 is 1.35 bits per heavy atom. The molecule has 0 bridgehead atoms. The van der Waals surface area contributed by atoms with Crippen LogP contribution in [-0.4, -0.2) is 33.8 Å². The summed E-state index contributed by atoms with van der Waals surface area (Å²) in [6.07, 6.45) is 1.23. The summed E-state index contributed by atoms with van der Waals surface area (Å²) in [4.78, 5) is 26.4. The van der Waals surface area contributed by atoms with Crippen molar-refractivity contribution in [3.8, 4) is 0 Å². The lowest BCUT2D eigenvalue weighted by molar-refractivity contribution is -0.139. The molecular formula is C17H22N2O4. The molecular weight excluding hydrogens is 296 g/mol. The van der Waals surface area contributed by atoms with Crippen molar-refractivity contribution in [3.05, 3.63) is 35.5 Å². The average molecular weight is 318 g/mol. The van der Waals surface area contributed by atoms with Crippen molar-refractivity contribution in [2.24, 2.45) is 0 Å². The smallest absolute Gasteiger partial charge is 0.408 e. The standard InChI is InChI=1S/C17H22N2O4/c1-10-6-5-7-12-14(10)11(9-18-12)8-13(15(20)21)19-16(22)23-17(2,3)4/h5-7,9,13,18H,8H2,1-4H3,(H,19,22)(H,20,21)/t13-/m1/s1. The fraction of sp³-hybridized carbons (Fsp3) is 0.412. The monoisotopic (exact) mass is 318 g/mol. The van der Waals surface area contributed by atoms with E-state index in [0.717, 1.165) is 22.0 Å². The number of benzene rings is 1. The van der Waals surface area contributed by atoms with E-state index in [9.17, 15) is 14.7 Å². The molecule has 1 heterocycles. The van der Waals surface area contributed by atoms with Crippen LogP contribution in [0.25, 0.3) is 10.9 Å². The van der Waals surface area contributed by atoms with Gasteiger partial charge in [0.25, 0.3) is 0 Å². The zero-order valence-electron chi connectivity index (χ0n) is 13.8. The first kappa shape index (κ1) is 16.9. The minimum Gasteiger partial charge on any atom is -0.480 e. The number of carboxylic acids is 1. The molecule has 3 N–H and O–H groups in total. The summed E-state index contributed by atoms with van der Waals surface area (Å²) >= 11 is 0. The molecule has 0 aliphatic carbocycles. The van der Waals surface area contributed by atoms with Crippen LogP contribution in [0.1, 0.15) is 31.9 Å². The van der Waals surface area contributed by atoms with Gasteiger partial charge in [-0.2, -0.15) is 0 Å². The van der Waals surface area contributed by atoms with Gasteiger partial charge in [-0.3, -0.25) is 0 Å². The maximum absolute atomic E-state index is 11.8. The second-order valence-corrected chi connectivity index (χ2v) is 6.55. The molecule has 124 valence electrons. The summed E-state index contributed by atoms with van der Waals surface area (Å²) in [5.41, 5.74) is 2.17. The first-order valence-corrected chi connectivity index (χ1v) is 7.45. The summed E-state index contributed by atoms with van der Waals surface area (Å²) in [7, 11) is 0. The molecule has 0 unspecified atom stereocenters. The van der Waals surface area contributed by atoms with Gasteiger partial charge in [-0.05, 0) is 44.9 Å². The van der Waals surface area contributed by atoms with Gasteiger partial charge in [0.05, 0.1) is 0 Å². The number of carboxylic acid groups (broad SMARTS) is 1. The van der Waals surface area contributed by atoms with Gasteiger partial charge in [-0.15, -0.1) is 0 Å². The van der Waals surface area contributed by atoms with E-state index < -0.39 is 23.7 Å². The van der Waals surface area contributed by atoms with E-state index >= 15 is 0 Å². The summed E-state index contributed by atoms with van der Waals surface area (Å²) in [6.45, 7) is 7.15. The lowest BCUT2D eigenvalue weighted by Crippen LogP contribution is -2.44. The highest BCUT2D eigenvalue weighted by molar-refractivity contribution is 5.88. The topological polar surface area (TPSA) is 91.4 Å². The van der Waals surface area contributed by atoms with Gasteiger partial charge < -0.3 is 20.1 Å².